The van der Waals surface area contributed by atoms with E-state index in [-0.39, 0.29) is 17.9 Å². The van der Waals surface area contributed by atoms with Crippen molar-refractivity contribution in [2.75, 3.05) is 38.0 Å². The van der Waals surface area contributed by atoms with Gasteiger partial charge in [-0.25, -0.2) is 0 Å². The first-order valence-electron chi connectivity index (χ1n) is 9.64. The van der Waals surface area contributed by atoms with Crippen LogP contribution in [0, 0.1) is 0 Å². The first kappa shape index (κ1) is 19.9. The van der Waals surface area contributed by atoms with Gasteiger partial charge < -0.3 is 15.0 Å². The number of nitrogens with one attached hydrogen (secondary N) is 1. The minimum atomic E-state index is -0.0354. The summed E-state index contributed by atoms with van der Waals surface area (Å²) in [7, 11) is 0. The maximum Gasteiger partial charge on any atom is 0.253 e. The topological polar surface area (TPSA) is 61.9 Å². The van der Waals surface area contributed by atoms with E-state index < -0.39 is 0 Å². The Balaban J connectivity index is 1.46. The van der Waals surface area contributed by atoms with E-state index in [1.165, 1.54) is 0 Å². The van der Waals surface area contributed by atoms with E-state index in [1.807, 2.05) is 61.2 Å². The van der Waals surface area contributed by atoms with Crippen molar-refractivity contribution in [3.05, 3.63) is 60.2 Å². The molecule has 6 nitrogen and oxygen atoms in total. The summed E-state index contributed by atoms with van der Waals surface area (Å²) in [5.41, 5.74) is 1.46. The molecule has 2 aromatic rings. The molecule has 2 amide bonds. The Labute approximate surface area is 166 Å². The van der Waals surface area contributed by atoms with Crippen LogP contribution in [0.2, 0.25) is 0 Å². The van der Waals surface area contributed by atoms with E-state index >= 15 is 0 Å². The molecule has 1 aliphatic heterocycles. The number of nitrogens with zero attached hydrogens (tertiary/aromatic N) is 2. The van der Waals surface area contributed by atoms with Gasteiger partial charge >= 0.3 is 0 Å². The lowest BCUT2D eigenvalue weighted by Crippen LogP contribution is -2.50. The molecule has 148 valence electrons. The number of amides is 2. The second-order valence-corrected chi connectivity index (χ2v) is 7.17. The zero-order valence-electron chi connectivity index (χ0n) is 16.4. The molecule has 0 spiro atoms. The summed E-state index contributed by atoms with van der Waals surface area (Å²) in [5, 5.41) is 2.89. The van der Waals surface area contributed by atoms with Gasteiger partial charge in [0.1, 0.15) is 5.75 Å². The fraction of sp³-hybridized carbons (Fsp3) is 0.364. The summed E-state index contributed by atoms with van der Waals surface area (Å²) >= 11 is 0. The van der Waals surface area contributed by atoms with Crippen molar-refractivity contribution in [3.63, 3.8) is 0 Å². The second kappa shape index (κ2) is 9.37. The van der Waals surface area contributed by atoms with Gasteiger partial charge in [0.25, 0.3) is 5.91 Å². The van der Waals surface area contributed by atoms with Crippen LogP contribution < -0.4 is 10.1 Å². The van der Waals surface area contributed by atoms with Crippen LogP contribution >= 0.6 is 0 Å². The number of anilines is 1. The monoisotopic (exact) mass is 381 g/mol. The van der Waals surface area contributed by atoms with Crippen LogP contribution in [0.4, 0.5) is 5.69 Å². The predicted octanol–water partition coefficient (Wildman–Crippen LogP) is 2.87. The van der Waals surface area contributed by atoms with Gasteiger partial charge in [-0.2, -0.15) is 0 Å². The van der Waals surface area contributed by atoms with E-state index in [1.54, 1.807) is 12.1 Å². The largest absolute Gasteiger partial charge is 0.491 e. The number of piperazine rings is 1. The molecule has 1 fully saturated rings. The zero-order chi connectivity index (χ0) is 19.9. The Morgan fingerprint density at radius 3 is 2.21 bits per heavy atom. The summed E-state index contributed by atoms with van der Waals surface area (Å²) in [6.07, 6.45) is 0.105. The van der Waals surface area contributed by atoms with E-state index in [0.29, 0.717) is 38.3 Å². The molecule has 0 aliphatic carbocycles. The third-order valence-corrected chi connectivity index (χ3v) is 4.56. The molecule has 6 heteroatoms. The van der Waals surface area contributed by atoms with Crippen LogP contribution in [0.15, 0.2) is 54.6 Å². The quantitative estimate of drug-likeness (QED) is 0.836. The number of ether oxygens (including phenoxy) is 1. The van der Waals surface area contributed by atoms with Crippen molar-refractivity contribution >= 4 is 17.5 Å². The number of hydrogen-bond acceptors (Lipinski definition) is 4. The Bertz CT molecular complexity index is 782. The van der Waals surface area contributed by atoms with E-state index in [9.17, 15) is 9.59 Å². The third-order valence-electron chi connectivity index (χ3n) is 4.56. The van der Waals surface area contributed by atoms with Crippen LogP contribution in [0.3, 0.4) is 0 Å². The first-order chi connectivity index (χ1) is 13.5. The molecule has 3 rings (SSSR count). The predicted molar refractivity (Wildman–Crippen MR) is 110 cm³/mol. The molecular weight excluding hydrogens is 354 g/mol. The summed E-state index contributed by atoms with van der Waals surface area (Å²) in [6.45, 7) is 6.86. The molecule has 0 unspecified atom stereocenters. The lowest BCUT2D eigenvalue weighted by Gasteiger charge is -2.34. The Morgan fingerprint density at radius 1 is 0.964 bits per heavy atom. The van der Waals surface area contributed by atoms with E-state index in [4.69, 9.17) is 4.74 Å². The molecule has 0 atom stereocenters. The molecule has 2 aromatic carbocycles. The highest BCUT2D eigenvalue weighted by atomic mass is 16.5. The smallest absolute Gasteiger partial charge is 0.253 e. The summed E-state index contributed by atoms with van der Waals surface area (Å²) < 4.78 is 5.62. The fourth-order valence-electron chi connectivity index (χ4n) is 3.16. The van der Waals surface area contributed by atoms with Crippen LogP contribution in [-0.2, 0) is 4.79 Å². The molecule has 0 saturated carbocycles. The highest BCUT2D eigenvalue weighted by Gasteiger charge is 2.23. The van der Waals surface area contributed by atoms with Gasteiger partial charge in [-0.3, -0.25) is 14.5 Å². The molecular formula is C22H27N3O3. The maximum absolute atomic E-state index is 12.7. The van der Waals surface area contributed by atoms with Crippen LogP contribution in [-0.4, -0.2) is 60.4 Å². The molecule has 28 heavy (non-hydrogen) atoms. The standard InChI is InChI=1S/C22H27N3O3/c1-17(2)28-20-10-8-18(9-11-20)22(27)25-14-12-24(13-15-25)16-21(26)23-19-6-4-3-5-7-19/h3-11,17H,12-16H2,1-2H3,(H,23,26). The van der Waals surface area contributed by atoms with Gasteiger partial charge in [-0.15, -0.1) is 0 Å². The van der Waals surface area contributed by atoms with Crippen LogP contribution in [0.5, 0.6) is 5.75 Å². The van der Waals surface area contributed by atoms with Crippen molar-refractivity contribution in [2.24, 2.45) is 0 Å². The fourth-order valence-corrected chi connectivity index (χ4v) is 3.16. The lowest BCUT2D eigenvalue weighted by molar-refractivity contribution is -0.117. The van der Waals surface area contributed by atoms with Crippen LogP contribution in [0.1, 0.15) is 24.2 Å². The summed E-state index contributed by atoms with van der Waals surface area (Å²) in [5.74, 6) is 0.747. The Morgan fingerprint density at radius 2 is 1.61 bits per heavy atom. The SMILES string of the molecule is CC(C)Oc1ccc(C(=O)N2CCN(CC(=O)Nc3ccccc3)CC2)cc1. The minimum absolute atomic E-state index is 0.0180. The molecule has 0 radical (unpaired) electrons. The summed E-state index contributed by atoms with van der Waals surface area (Å²) in [4.78, 5) is 28.8. The number of benzene rings is 2. The zero-order valence-corrected chi connectivity index (χ0v) is 16.4. The van der Waals surface area contributed by atoms with Crippen molar-refractivity contribution in [3.8, 4) is 5.75 Å². The molecule has 1 N–H and O–H groups in total. The maximum atomic E-state index is 12.7. The summed E-state index contributed by atoms with van der Waals surface area (Å²) in [6, 6.07) is 16.7. The van der Waals surface area contributed by atoms with E-state index in [2.05, 4.69) is 10.2 Å². The van der Waals surface area contributed by atoms with Crippen LogP contribution in [0.25, 0.3) is 0 Å². The van der Waals surface area contributed by atoms with E-state index in [0.717, 1.165) is 11.4 Å². The molecule has 1 aliphatic rings. The Kier molecular flexibility index (Phi) is 6.66. The Hall–Kier alpha value is -2.86. The van der Waals surface area contributed by atoms with Crippen molar-refractivity contribution in [1.29, 1.82) is 0 Å². The molecule has 0 bridgehead atoms. The average molecular weight is 381 g/mol. The minimum Gasteiger partial charge on any atom is -0.491 e. The van der Waals surface area contributed by atoms with Gasteiger partial charge in [-0.1, -0.05) is 18.2 Å². The van der Waals surface area contributed by atoms with Gasteiger partial charge in [0.15, 0.2) is 0 Å². The molecule has 0 aromatic heterocycles. The van der Waals surface area contributed by atoms with Gasteiger partial charge in [-0.05, 0) is 50.2 Å². The first-order valence-corrected chi connectivity index (χ1v) is 9.64. The second-order valence-electron chi connectivity index (χ2n) is 7.17. The van der Waals surface area contributed by atoms with Crippen molar-refractivity contribution in [2.45, 2.75) is 20.0 Å². The number of para-hydroxylation sites is 1. The molecule has 1 saturated heterocycles. The lowest BCUT2D eigenvalue weighted by atomic mass is 10.1. The van der Waals surface area contributed by atoms with Gasteiger partial charge in [0.2, 0.25) is 5.91 Å². The van der Waals surface area contributed by atoms with Gasteiger partial charge in [0.05, 0.1) is 12.6 Å². The number of rotatable bonds is 6. The van der Waals surface area contributed by atoms with Crippen molar-refractivity contribution < 1.29 is 14.3 Å². The van der Waals surface area contributed by atoms with Gasteiger partial charge in [0, 0.05) is 37.4 Å². The highest BCUT2D eigenvalue weighted by molar-refractivity contribution is 5.94. The number of carbonyl (C=O) groups excluding carboxylic acids is 2. The highest BCUT2D eigenvalue weighted by Crippen LogP contribution is 2.16. The normalized spacial score (nSPS) is 14.8. The number of hydrogen-bond donors (Lipinski definition) is 1. The molecule has 1 heterocycles. The van der Waals surface area contributed by atoms with Crippen molar-refractivity contribution in [1.82, 2.24) is 9.80 Å². The third kappa shape index (κ3) is 5.57. The number of carbonyl (C=O) groups is 2. The average Bonchev–Trinajstić information content (AvgIpc) is 2.69.